The minimum atomic E-state index is -0.214. The summed E-state index contributed by atoms with van der Waals surface area (Å²) in [6, 6.07) is 7.99. The molecule has 0 aromatic heterocycles. The number of ether oxygens (including phenoxy) is 1. The van der Waals surface area contributed by atoms with Gasteiger partial charge in [-0.15, -0.1) is 0 Å². The van der Waals surface area contributed by atoms with Gasteiger partial charge in [0, 0.05) is 0 Å². The third kappa shape index (κ3) is 4.19. The van der Waals surface area contributed by atoms with Crippen molar-refractivity contribution < 1.29 is 9.53 Å². The van der Waals surface area contributed by atoms with Crippen molar-refractivity contribution in [1.82, 2.24) is 0 Å². The van der Waals surface area contributed by atoms with Crippen molar-refractivity contribution in [2.45, 2.75) is 76.2 Å². The van der Waals surface area contributed by atoms with Crippen molar-refractivity contribution in [2.24, 2.45) is 0 Å². The summed E-state index contributed by atoms with van der Waals surface area (Å²) in [6.45, 7) is 3.27. The second kappa shape index (κ2) is 8.03. The van der Waals surface area contributed by atoms with Gasteiger partial charge >= 0.3 is 5.97 Å². The van der Waals surface area contributed by atoms with Gasteiger partial charge in [0.2, 0.25) is 0 Å². The van der Waals surface area contributed by atoms with Gasteiger partial charge in [-0.3, -0.25) is 0 Å². The zero-order chi connectivity index (χ0) is 16.1. The molecule has 0 unspecified atom stereocenters. The molecule has 3 rings (SSSR count). The molecule has 2 aliphatic rings. The molecule has 0 amide bonds. The highest BCUT2D eigenvalue weighted by molar-refractivity contribution is 6.62. The number of benzene rings is 1. The van der Waals surface area contributed by atoms with Crippen LogP contribution in [0.5, 0.6) is 0 Å². The van der Waals surface area contributed by atoms with Crippen LogP contribution in [0, 0.1) is 0 Å². The lowest BCUT2D eigenvalue weighted by Gasteiger charge is -2.40. The largest absolute Gasteiger partial charge is 0.462 e. The molecule has 2 aliphatic heterocycles. The van der Waals surface area contributed by atoms with E-state index in [0.29, 0.717) is 12.2 Å². The zero-order valence-corrected chi connectivity index (χ0v) is 14.4. The van der Waals surface area contributed by atoms with E-state index in [4.69, 9.17) is 4.74 Å². The van der Waals surface area contributed by atoms with Crippen LogP contribution in [0.3, 0.4) is 0 Å². The third-order valence-corrected chi connectivity index (χ3v) is 5.98. The lowest BCUT2D eigenvalue weighted by molar-refractivity contribution is 0.0526. The number of hydrogen-bond acceptors (Lipinski definition) is 2. The van der Waals surface area contributed by atoms with Gasteiger partial charge in [0.15, 0.2) is 0 Å². The normalized spacial score (nSPS) is 23.6. The second-order valence-corrected chi connectivity index (χ2v) is 7.36. The van der Waals surface area contributed by atoms with Crippen LogP contribution in [-0.4, -0.2) is 19.3 Å². The van der Waals surface area contributed by atoms with Crippen LogP contribution in [0.4, 0.5) is 0 Å². The first-order valence-corrected chi connectivity index (χ1v) is 9.54. The highest BCUT2D eigenvalue weighted by atomic mass is 16.5. The average Bonchev–Trinajstić information content (AvgIpc) is 2.55. The fourth-order valence-electron chi connectivity index (χ4n) is 4.85. The summed E-state index contributed by atoms with van der Waals surface area (Å²) < 4.78 is 5.03. The molecule has 2 fully saturated rings. The highest BCUT2D eigenvalue weighted by Crippen LogP contribution is 2.48. The first-order chi connectivity index (χ1) is 11.3. The zero-order valence-electron chi connectivity index (χ0n) is 14.4. The molecule has 2 bridgehead atoms. The maximum atomic E-state index is 11.7. The van der Waals surface area contributed by atoms with Crippen LogP contribution in [0.15, 0.2) is 24.3 Å². The lowest BCUT2D eigenvalue weighted by Crippen LogP contribution is -2.34. The van der Waals surface area contributed by atoms with Gasteiger partial charge < -0.3 is 4.74 Å². The fourth-order valence-corrected chi connectivity index (χ4v) is 4.85. The van der Waals surface area contributed by atoms with E-state index in [1.807, 2.05) is 19.1 Å². The van der Waals surface area contributed by atoms with E-state index in [1.165, 1.54) is 56.8 Å². The fraction of sp³-hybridized carbons (Fsp3) is 0.650. The molecule has 3 heteroatoms. The van der Waals surface area contributed by atoms with E-state index in [2.05, 4.69) is 12.1 Å². The minimum absolute atomic E-state index is 0.214. The van der Waals surface area contributed by atoms with Crippen LogP contribution < -0.4 is 0 Å². The maximum Gasteiger partial charge on any atom is 0.338 e. The maximum absolute atomic E-state index is 11.7. The molecule has 0 N–H and O–H groups in total. The molecular weight excluding hydrogens is 283 g/mol. The van der Waals surface area contributed by atoms with E-state index >= 15 is 0 Å². The second-order valence-electron chi connectivity index (χ2n) is 7.36. The molecule has 124 valence electrons. The predicted molar refractivity (Wildman–Crippen MR) is 96.5 cm³/mol. The van der Waals surface area contributed by atoms with Gasteiger partial charge in [-0.2, -0.15) is 0 Å². The number of rotatable bonds is 6. The number of carbonyl (C=O) groups excluding carboxylic acids is 1. The minimum Gasteiger partial charge on any atom is -0.462 e. The van der Waals surface area contributed by atoms with Crippen molar-refractivity contribution in [3.05, 3.63) is 35.4 Å². The smallest absolute Gasteiger partial charge is 0.338 e. The molecule has 1 aromatic rings. The molecular formula is C20H29BO2. The summed E-state index contributed by atoms with van der Waals surface area (Å²) in [6.07, 6.45) is 12.7. The number of hydrogen-bond donors (Lipinski definition) is 0. The summed E-state index contributed by atoms with van der Waals surface area (Å²) in [5, 5.41) is 0. The van der Waals surface area contributed by atoms with Gasteiger partial charge in [0.05, 0.1) is 12.2 Å². The van der Waals surface area contributed by atoms with E-state index in [0.717, 1.165) is 24.8 Å². The van der Waals surface area contributed by atoms with Crippen LogP contribution in [0.2, 0.25) is 18.0 Å². The Bertz CT molecular complexity index is 489. The van der Waals surface area contributed by atoms with E-state index in [1.54, 1.807) is 0 Å². The SMILES string of the molecule is CCOC(=O)c1ccc(CCCB2C3CCCC2CCC3)cc1. The third-order valence-electron chi connectivity index (χ3n) is 5.98. The standard InChI is InChI=1S/C20H29BO2/c1-2-23-20(22)17-13-11-16(12-14-17)6-5-15-21-18-7-3-8-19(21)10-4-9-18/h11-14,18-19H,2-10,15H2,1H3. The molecule has 0 radical (unpaired) electrons. The van der Waals surface area contributed by atoms with Crippen LogP contribution in [-0.2, 0) is 11.2 Å². The summed E-state index contributed by atoms with van der Waals surface area (Å²) in [5.74, 6) is 1.83. The molecule has 2 saturated heterocycles. The van der Waals surface area contributed by atoms with Gasteiger partial charge in [-0.1, -0.05) is 75.0 Å². The van der Waals surface area contributed by atoms with E-state index in [-0.39, 0.29) is 5.97 Å². The van der Waals surface area contributed by atoms with Gasteiger partial charge in [0.1, 0.15) is 6.71 Å². The molecule has 1 aromatic carbocycles. The Morgan fingerprint density at radius 3 is 2.26 bits per heavy atom. The Kier molecular flexibility index (Phi) is 5.80. The van der Waals surface area contributed by atoms with Crippen molar-refractivity contribution in [3.63, 3.8) is 0 Å². The Morgan fingerprint density at radius 2 is 1.70 bits per heavy atom. The molecule has 2 nitrogen and oxygen atoms in total. The summed E-state index contributed by atoms with van der Waals surface area (Å²) in [7, 11) is 0. The first kappa shape index (κ1) is 16.6. The summed E-state index contributed by atoms with van der Waals surface area (Å²) in [4.78, 5) is 11.7. The Balaban J connectivity index is 1.48. The quantitative estimate of drug-likeness (QED) is 0.519. The number of fused-ring (bicyclic) bond motifs is 2. The molecule has 2 heterocycles. The van der Waals surface area contributed by atoms with Crippen molar-refractivity contribution in [3.8, 4) is 0 Å². The van der Waals surface area contributed by atoms with E-state index < -0.39 is 0 Å². The van der Waals surface area contributed by atoms with Crippen LogP contribution >= 0.6 is 0 Å². The molecule has 0 spiro atoms. The summed E-state index contributed by atoms with van der Waals surface area (Å²) >= 11 is 0. The van der Waals surface area contributed by atoms with Crippen molar-refractivity contribution in [2.75, 3.05) is 6.61 Å². The lowest BCUT2D eigenvalue weighted by atomic mass is 9.26. The van der Waals surface area contributed by atoms with Crippen molar-refractivity contribution >= 4 is 12.7 Å². The van der Waals surface area contributed by atoms with Crippen LogP contribution in [0.1, 0.15) is 67.8 Å². The first-order valence-electron chi connectivity index (χ1n) is 9.54. The Hall–Kier alpha value is -1.25. The topological polar surface area (TPSA) is 26.3 Å². The number of carbonyl (C=O) groups is 1. The summed E-state index contributed by atoms with van der Waals surface area (Å²) in [5.41, 5.74) is 2.01. The predicted octanol–water partition coefficient (Wildman–Crippen LogP) is 5.40. The van der Waals surface area contributed by atoms with E-state index in [9.17, 15) is 4.79 Å². The molecule has 0 saturated carbocycles. The number of esters is 1. The monoisotopic (exact) mass is 312 g/mol. The van der Waals surface area contributed by atoms with Gasteiger partial charge in [-0.05, 0) is 31.0 Å². The van der Waals surface area contributed by atoms with Gasteiger partial charge in [0.25, 0.3) is 0 Å². The van der Waals surface area contributed by atoms with Crippen molar-refractivity contribution in [1.29, 1.82) is 0 Å². The van der Waals surface area contributed by atoms with Gasteiger partial charge in [-0.25, -0.2) is 4.79 Å². The molecule has 0 aliphatic carbocycles. The molecule has 0 atom stereocenters. The number of aryl methyl sites for hydroxylation is 1. The Labute approximate surface area is 141 Å². The van der Waals surface area contributed by atoms with Crippen LogP contribution in [0.25, 0.3) is 0 Å². The Morgan fingerprint density at radius 1 is 1.09 bits per heavy atom. The average molecular weight is 312 g/mol. The molecule has 23 heavy (non-hydrogen) atoms. The highest BCUT2D eigenvalue weighted by Gasteiger charge is 2.38.